The van der Waals surface area contributed by atoms with E-state index >= 15 is 0 Å². The van der Waals surface area contributed by atoms with E-state index in [1.165, 1.54) is 0 Å². The van der Waals surface area contributed by atoms with Crippen LogP contribution in [0.15, 0.2) is 21.9 Å². The van der Waals surface area contributed by atoms with Gasteiger partial charge in [0.1, 0.15) is 42.7 Å². The number of ether oxygens (including phenoxy) is 2. The van der Waals surface area contributed by atoms with E-state index in [1.54, 1.807) is 0 Å². The number of aliphatic hydroxyl groups excluding tert-OH is 7. The zero-order valence-electron chi connectivity index (χ0n) is 18.3. The van der Waals surface area contributed by atoms with Crippen molar-refractivity contribution < 1.29 is 77.9 Å². The first kappa shape index (κ1) is 31.8. The number of hydrogen-bond acceptors (Lipinski definition) is 15. The van der Waals surface area contributed by atoms with Crippen molar-refractivity contribution in [1.82, 2.24) is 9.55 Å². The van der Waals surface area contributed by atoms with Crippen molar-refractivity contribution in [2.45, 2.75) is 55.2 Å². The van der Waals surface area contributed by atoms with Crippen molar-refractivity contribution in [3.05, 3.63) is 33.1 Å². The normalized spacial score (nSPS) is 34.4. The summed E-state index contributed by atoms with van der Waals surface area (Å²) in [6.45, 7) is -1.50. The second-order valence-electron chi connectivity index (χ2n) is 7.62. The van der Waals surface area contributed by atoms with Gasteiger partial charge in [-0.05, 0) is 0 Å². The molecule has 20 nitrogen and oxygen atoms in total. The van der Waals surface area contributed by atoms with E-state index in [-0.39, 0.29) is 0 Å². The molecule has 0 bridgehead atoms. The van der Waals surface area contributed by atoms with E-state index in [2.05, 4.69) is 13.6 Å². The number of hydrogen-bond donors (Lipinski definition) is 11. The van der Waals surface area contributed by atoms with Crippen LogP contribution in [0.4, 0.5) is 0 Å². The van der Waals surface area contributed by atoms with E-state index in [1.807, 2.05) is 4.98 Å². The number of aliphatic hydroxyl groups is 7. The van der Waals surface area contributed by atoms with Crippen LogP contribution in [0.1, 0.15) is 6.23 Å². The van der Waals surface area contributed by atoms with Crippen LogP contribution in [0.25, 0.3) is 0 Å². The maximum absolute atomic E-state index is 11.7. The molecule has 0 radical (unpaired) electrons. The fraction of sp³-hybridized carbons (Fsp3) is 0.733. The third-order valence-electron chi connectivity index (χ3n) is 4.92. The van der Waals surface area contributed by atoms with Gasteiger partial charge < -0.3 is 59.9 Å². The van der Waals surface area contributed by atoms with Crippen LogP contribution in [0.2, 0.25) is 0 Å². The van der Waals surface area contributed by atoms with Gasteiger partial charge in [0, 0.05) is 12.3 Å². The molecule has 22 heteroatoms. The maximum Gasteiger partial charge on any atom is 0.481 e. The van der Waals surface area contributed by atoms with Gasteiger partial charge in [0.15, 0.2) is 12.5 Å². The summed E-state index contributed by atoms with van der Waals surface area (Å²) in [5.41, 5.74) is -1.65. The molecule has 37 heavy (non-hydrogen) atoms. The van der Waals surface area contributed by atoms with Crippen molar-refractivity contribution in [2.24, 2.45) is 0 Å². The summed E-state index contributed by atoms with van der Waals surface area (Å²) in [6, 6.07) is 0.962. The van der Waals surface area contributed by atoms with Gasteiger partial charge in [-0.25, -0.2) is 13.9 Å². The second kappa shape index (κ2) is 12.6. The molecule has 3 unspecified atom stereocenters. The van der Waals surface area contributed by atoms with E-state index < -0.39 is 95.4 Å². The summed E-state index contributed by atoms with van der Waals surface area (Å²) >= 11 is 0. The lowest BCUT2D eigenvalue weighted by Crippen LogP contribution is -2.40. The van der Waals surface area contributed by atoms with Gasteiger partial charge in [-0.15, -0.1) is 0 Å². The topological polar surface area (TPSA) is 328 Å². The van der Waals surface area contributed by atoms with Gasteiger partial charge in [-0.1, -0.05) is 0 Å². The van der Waals surface area contributed by atoms with Gasteiger partial charge in [-0.2, -0.15) is 4.31 Å². The molecule has 2 fully saturated rings. The van der Waals surface area contributed by atoms with Gasteiger partial charge in [0.25, 0.3) is 5.56 Å². The van der Waals surface area contributed by atoms with Crippen LogP contribution in [0, 0.1) is 0 Å². The highest BCUT2D eigenvalue weighted by atomic mass is 31.3. The van der Waals surface area contributed by atoms with E-state index in [9.17, 15) is 28.9 Å². The molecule has 1 aromatic heterocycles. The number of phosphoric ester groups is 1. The van der Waals surface area contributed by atoms with Gasteiger partial charge in [-0.3, -0.25) is 18.9 Å². The number of rotatable bonds is 8. The van der Waals surface area contributed by atoms with Crippen LogP contribution in [0.5, 0.6) is 0 Å². The van der Waals surface area contributed by atoms with E-state index in [4.69, 9.17) is 44.9 Å². The molecule has 2 aliphatic rings. The lowest BCUT2D eigenvalue weighted by Gasteiger charge is -2.18. The van der Waals surface area contributed by atoms with Gasteiger partial charge >= 0.3 is 21.3 Å². The molecule has 3 rings (SSSR count). The Morgan fingerprint density at radius 2 is 1.62 bits per heavy atom. The first-order chi connectivity index (χ1) is 17.0. The summed E-state index contributed by atoms with van der Waals surface area (Å²) in [5, 5.41) is 64.2. The largest absolute Gasteiger partial charge is 0.481 e. The van der Waals surface area contributed by atoms with Gasteiger partial charge in [0.2, 0.25) is 0 Å². The molecule has 0 spiro atoms. The summed E-state index contributed by atoms with van der Waals surface area (Å²) < 4.78 is 40.2. The predicted octanol–water partition coefficient (Wildman–Crippen LogP) is -5.84. The van der Waals surface area contributed by atoms with Crippen LogP contribution in [0.3, 0.4) is 0 Å². The van der Waals surface area contributed by atoms with Gasteiger partial charge in [0.05, 0.1) is 13.2 Å². The van der Waals surface area contributed by atoms with Crippen molar-refractivity contribution >= 4 is 15.6 Å². The first-order valence-electron chi connectivity index (χ1n) is 10.0. The third kappa shape index (κ3) is 8.53. The molecular formula is C15H26N2O18P2. The van der Waals surface area contributed by atoms with Crippen LogP contribution >= 0.6 is 15.6 Å². The lowest BCUT2D eigenvalue weighted by atomic mass is 10.1. The Kier molecular flexibility index (Phi) is 10.8. The smallest absolute Gasteiger partial charge is 0.394 e. The zero-order chi connectivity index (χ0) is 28.3. The quantitative estimate of drug-likeness (QED) is 0.127. The summed E-state index contributed by atoms with van der Waals surface area (Å²) in [5.74, 6) is 0. The molecule has 2 aliphatic heterocycles. The molecule has 10 atom stereocenters. The number of H-pyrrole nitrogens is 1. The molecule has 0 saturated carbocycles. The predicted molar refractivity (Wildman–Crippen MR) is 112 cm³/mol. The summed E-state index contributed by atoms with van der Waals surface area (Å²) in [6.07, 6.45) is -12.0. The summed E-state index contributed by atoms with van der Waals surface area (Å²) in [4.78, 5) is 50.7. The monoisotopic (exact) mass is 584 g/mol. The van der Waals surface area contributed by atoms with Crippen LogP contribution in [-0.4, -0.2) is 122 Å². The number of aromatic amines is 1. The average Bonchev–Trinajstić information content (AvgIpc) is 3.21. The van der Waals surface area contributed by atoms with Crippen molar-refractivity contribution in [2.75, 3.05) is 13.2 Å². The number of phosphoric acid groups is 2. The number of aromatic nitrogens is 2. The highest BCUT2D eigenvalue weighted by Crippen LogP contribution is 2.57. The Hall–Kier alpha value is -1.42. The maximum atomic E-state index is 11.7. The molecule has 11 N–H and O–H groups in total. The molecule has 0 aliphatic carbocycles. The van der Waals surface area contributed by atoms with Crippen molar-refractivity contribution in [3.63, 3.8) is 0 Å². The minimum Gasteiger partial charge on any atom is -0.394 e. The molecule has 0 aromatic carbocycles. The standard InChI is InChI=1S/C9H14N2O12P2.C6H12O6/c12-5-1-2-11(9(15)10-5)8-7(14)6(13)4(22-8)3-21-25(19,20)23-24(16,17)18;7-1-2(8)5-3(9)4(10)6(11)12-5/h1-2,4,6-8,13-14H,3H2,(H,19,20)(H,10,12,15)(H2,16,17,18);2-11H,1H2/t4-,6-,7-,8-;2?,3-,4-,5+,6?/m11/s1. The number of nitrogens with one attached hydrogen (secondary N) is 1. The fourth-order valence-electron chi connectivity index (χ4n) is 3.16. The Bertz CT molecular complexity index is 1110. The van der Waals surface area contributed by atoms with Crippen molar-refractivity contribution in [3.8, 4) is 0 Å². The second-order valence-corrected chi connectivity index (χ2v) is 10.5. The van der Waals surface area contributed by atoms with E-state index in [0.29, 0.717) is 0 Å². The van der Waals surface area contributed by atoms with Crippen LogP contribution < -0.4 is 11.2 Å². The van der Waals surface area contributed by atoms with Crippen molar-refractivity contribution in [1.29, 1.82) is 0 Å². The minimum absolute atomic E-state index is 0.596. The number of nitrogens with zero attached hydrogens (tertiary/aromatic N) is 1. The Balaban J connectivity index is 0.000000335. The molecule has 0 amide bonds. The molecule has 214 valence electrons. The average molecular weight is 584 g/mol. The SMILES string of the molecule is O=c1ccn([C@@H]2O[C@H](COP(=O)(O)OP(=O)(O)O)[C@@H](O)[C@H]2O)c(=O)[nH]1.OCC(O)[C@@H]1OC(O)[C@H](O)[C@H]1O. The molecular weight excluding hydrogens is 558 g/mol. The Morgan fingerprint density at radius 1 is 1.00 bits per heavy atom. The molecule has 2 saturated heterocycles. The van der Waals surface area contributed by atoms with Crippen LogP contribution in [-0.2, 0) is 27.4 Å². The third-order valence-corrected chi connectivity index (χ3v) is 7.07. The first-order valence-corrected chi connectivity index (χ1v) is 13.1. The highest BCUT2D eigenvalue weighted by molar-refractivity contribution is 7.60. The Morgan fingerprint density at radius 3 is 2.11 bits per heavy atom. The lowest BCUT2D eigenvalue weighted by molar-refractivity contribution is -0.150. The minimum atomic E-state index is -5.32. The molecule has 1 aromatic rings. The Labute approximate surface area is 205 Å². The highest BCUT2D eigenvalue weighted by Gasteiger charge is 2.46. The summed E-state index contributed by atoms with van der Waals surface area (Å²) in [7, 11) is -10.5. The fourth-order valence-corrected chi connectivity index (χ4v) is 4.76. The molecule has 3 heterocycles. The van der Waals surface area contributed by atoms with E-state index in [0.717, 1.165) is 16.8 Å². The zero-order valence-corrected chi connectivity index (χ0v) is 20.1.